The molecular weight excluding hydrogens is 200 g/mol. The van der Waals surface area contributed by atoms with Crippen LogP contribution in [0.2, 0.25) is 0 Å². The molecule has 0 fully saturated rings. The normalized spacial score (nSPS) is 11.9. The minimum atomic E-state index is -0.329. The van der Waals surface area contributed by atoms with Crippen molar-refractivity contribution in [2.75, 3.05) is 7.05 Å². The monoisotopic (exact) mass is 218 g/mol. The predicted molar refractivity (Wildman–Crippen MR) is 66.0 cm³/mol. The smallest absolute Gasteiger partial charge is 0.245 e. The van der Waals surface area contributed by atoms with Gasteiger partial charge in [-0.1, -0.05) is 37.8 Å². The van der Waals surface area contributed by atoms with Crippen LogP contribution in [-0.2, 0) is 11.2 Å². The number of carbonyl (C=O) groups is 1. The Bertz CT molecular complexity index is 374. The summed E-state index contributed by atoms with van der Waals surface area (Å²) in [5.74, 6) is -0.0919. The van der Waals surface area contributed by atoms with Gasteiger partial charge in [0.2, 0.25) is 5.91 Å². The van der Waals surface area contributed by atoms with Crippen molar-refractivity contribution in [1.29, 1.82) is 0 Å². The van der Waals surface area contributed by atoms with Crippen LogP contribution in [0.25, 0.3) is 0 Å². The minimum absolute atomic E-state index is 0.0919. The van der Waals surface area contributed by atoms with Crippen LogP contribution in [0.1, 0.15) is 24.1 Å². The van der Waals surface area contributed by atoms with Crippen molar-refractivity contribution in [2.45, 2.75) is 19.4 Å². The van der Waals surface area contributed by atoms with Crippen LogP contribution in [0, 0.1) is 0 Å². The molecule has 1 atom stereocenters. The summed E-state index contributed by atoms with van der Waals surface area (Å²) in [4.78, 5) is 11.7. The highest BCUT2D eigenvalue weighted by atomic mass is 16.2. The van der Waals surface area contributed by atoms with Crippen molar-refractivity contribution < 1.29 is 4.79 Å². The Hall–Kier alpha value is -1.61. The first-order valence-electron chi connectivity index (χ1n) is 5.40. The van der Waals surface area contributed by atoms with E-state index >= 15 is 0 Å². The third-order valence-corrected chi connectivity index (χ3v) is 2.49. The Balaban J connectivity index is 2.93. The molecule has 0 spiro atoms. The molecule has 1 amide bonds. The van der Waals surface area contributed by atoms with Crippen molar-refractivity contribution in [3.8, 4) is 0 Å². The maximum absolute atomic E-state index is 11.7. The average molecular weight is 218 g/mol. The van der Waals surface area contributed by atoms with Crippen molar-refractivity contribution in [2.24, 2.45) is 0 Å². The number of aryl methyl sites for hydroxylation is 1. The number of benzene rings is 1. The second-order valence-corrected chi connectivity index (χ2v) is 3.53. The van der Waals surface area contributed by atoms with E-state index in [0.717, 1.165) is 12.0 Å². The van der Waals surface area contributed by atoms with E-state index in [1.807, 2.05) is 18.2 Å². The van der Waals surface area contributed by atoms with Crippen LogP contribution < -0.4 is 10.6 Å². The third kappa shape index (κ3) is 2.94. The van der Waals surface area contributed by atoms with Crippen molar-refractivity contribution >= 4 is 5.91 Å². The van der Waals surface area contributed by atoms with Crippen LogP contribution in [0.4, 0.5) is 0 Å². The van der Waals surface area contributed by atoms with Gasteiger partial charge < -0.3 is 10.6 Å². The lowest BCUT2D eigenvalue weighted by atomic mass is 10.0. The van der Waals surface area contributed by atoms with Gasteiger partial charge in [0.1, 0.15) is 6.04 Å². The van der Waals surface area contributed by atoms with E-state index in [-0.39, 0.29) is 11.9 Å². The molecule has 3 heteroatoms. The molecule has 0 radical (unpaired) electrons. The molecule has 0 saturated carbocycles. The summed E-state index contributed by atoms with van der Waals surface area (Å²) in [7, 11) is 1.77. The molecule has 1 aromatic carbocycles. The zero-order valence-corrected chi connectivity index (χ0v) is 9.79. The first-order valence-corrected chi connectivity index (χ1v) is 5.40. The van der Waals surface area contributed by atoms with E-state index in [0.29, 0.717) is 0 Å². The molecule has 1 unspecified atom stereocenters. The fraction of sp³-hybridized carbons (Fsp3) is 0.308. The summed E-state index contributed by atoms with van der Waals surface area (Å²) in [6, 6.07) is 7.69. The molecule has 0 aliphatic carbocycles. The Morgan fingerprint density at radius 2 is 2.31 bits per heavy atom. The molecule has 0 bridgehead atoms. The molecule has 0 aromatic heterocycles. The zero-order valence-electron chi connectivity index (χ0n) is 9.79. The second kappa shape index (κ2) is 6.08. The summed E-state index contributed by atoms with van der Waals surface area (Å²) in [5, 5.41) is 5.59. The molecule has 0 saturated heterocycles. The van der Waals surface area contributed by atoms with Gasteiger partial charge in [0.25, 0.3) is 0 Å². The Kier molecular flexibility index (Phi) is 4.73. The molecule has 0 heterocycles. The van der Waals surface area contributed by atoms with Gasteiger partial charge in [-0.05, 0) is 30.8 Å². The number of nitrogens with one attached hydrogen (secondary N) is 2. The van der Waals surface area contributed by atoms with Gasteiger partial charge >= 0.3 is 0 Å². The molecule has 1 rings (SSSR count). The largest absolute Gasteiger partial charge is 0.332 e. The van der Waals surface area contributed by atoms with Crippen molar-refractivity contribution in [1.82, 2.24) is 10.6 Å². The first-order chi connectivity index (χ1) is 7.72. The van der Waals surface area contributed by atoms with Gasteiger partial charge in [0.15, 0.2) is 0 Å². The van der Waals surface area contributed by atoms with Crippen molar-refractivity contribution in [3.05, 3.63) is 48.2 Å². The molecular formula is C13H18N2O. The second-order valence-electron chi connectivity index (χ2n) is 3.53. The highest BCUT2D eigenvalue weighted by Crippen LogP contribution is 2.15. The van der Waals surface area contributed by atoms with Gasteiger partial charge in [0, 0.05) is 0 Å². The maximum atomic E-state index is 11.7. The molecule has 0 aliphatic heterocycles. The van der Waals surface area contributed by atoms with Crippen molar-refractivity contribution in [3.63, 3.8) is 0 Å². The van der Waals surface area contributed by atoms with E-state index in [1.54, 1.807) is 7.05 Å². The number of likely N-dealkylation sites (N-methyl/N-ethyl adjacent to an activating group) is 1. The number of hydrogen-bond acceptors (Lipinski definition) is 2. The fourth-order valence-corrected chi connectivity index (χ4v) is 1.63. The lowest BCUT2D eigenvalue weighted by molar-refractivity contribution is -0.122. The van der Waals surface area contributed by atoms with E-state index < -0.39 is 0 Å². The third-order valence-electron chi connectivity index (χ3n) is 2.49. The van der Waals surface area contributed by atoms with Crippen LogP contribution in [0.15, 0.2) is 37.0 Å². The van der Waals surface area contributed by atoms with Gasteiger partial charge in [-0.15, -0.1) is 0 Å². The van der Waals surface area contributed by atoms with E-state index in [2.05, 4.69) is 30.2 Å². The number of amides is 1. The lowest BCUT2D eigenvalue weighted by Crippen LogP contribution is -2.33. The van der Waals surface area contributed by atoms with E-state index in [9.17, 15) is 4.79 Å². The predicted octanol–water partition coefficient (Wildman–Crippen LogP) is 1.77. The summed E-state index contributed by atoms with van der Waals surface area (Å²) >= 11 is 0. The van der Waals surface area contributed by atoms with E-state index in [1.165, 1.54) is 11.8 Å². The van der Waals surface area contributed by atoms with E-state index in [4.69, 9.17) is 0 Å². The zero-order chi connectivity index (χ0) is 12.0. The number of hydrogen-bond donors (Lipinski definition) is 2. The molecule has 0 aliphatic rings. The Morgan fingerprint density at radius 1 is 1.56 bits per heavy atom. The number of rotatable bonds is 5. The molecule has 16 heavy (non-hydrogen) atoms. The van der Waals surface area contributed by atoms with Gasteiger partial charge in [0.05, 0.1) is 0 Å². The molecule has 1 aromatic rings. The topological polar surface area (TPSA) is 41.1 Å². The Morgan fingerprint density at radius 3 is 2.88 bits per heavy atom. The minimum Gasteiger partial charge on any atom is -0.332 e. The first kappa shape index (κ1) is 12.5. The highest BCUT2D eigenvalue weighted by molar-refractivity contribution is 5.83. The SMILES string of the molecule is C=CNC(=O)C(NC)c1cccc(CC)c1. The Labute approximate surface area is 96.6 Å². The molecule has 86 valence electrons. The van der Waals surface area contributed by atoms with Crippen LogP contribution in [0.3, 0.4) is 0 Å². The summed E-state index contributed by atoms with van der Waals surface area (Å²) in [6.07, 6.45) is 2.36. The van der Waals surface area contributed by atoms with Crippen LogP contribution in [-0.4, -0.2) is 13.0 Å². The van der Waals surface area contributed by atoms with Gasteiger partial charge in [-0.2, -0.15) is 0 Å². The summed E-state index contributed by atoms with van der Waals surface area (Å²) < 4.78 is 0. The lowest BCUT2D eigenvalue weighted by Gasteiger charge is -2.15. The molecule has 2 N–H and O–H groups in total. The highest BCUT2D eigenvalue weighted by Gasteiger charge is 2.17. The fourth-order valence-electron chi connectivity index (χ4n) is 1.63. The standard InChI is InChI=1S/C13H18N2O/c1-4-10-7-6-8-11(9-10)12(14-3)13(16)15-5-2/h5-9,12,14H,2,4H2,1,3H3,(H,15,16). The van der Waals surface area contributed by atoms with Gasteiger partial charge in [-0.3, -0.25) is 4.79 Å². The number of carbonyl (C=O) groups excluding carboxylic acids is 1. The summed E-state index contributed by atoms with van der Waals surface area (Å²) in [6.45, 7) is 5.58. The molecule has 3 nitrogen and oxygen atoms in total. The maximum Gasteiger partial charge on any atom is 0.245 e. The van der Waals surface area contributed by atoms with Crippen LogP contribution in [0.5, 0.6) is 0 Å². The quantitative estimate of drug-likeness (QED) is 0.790. The summed E-state index contributed by atoms with van der Waals surface area (Å²) in [5.41, 5.74) is 2.20. The van der Waals surface area contributed by atoms with Gasteiger partial charge in [-0.25, -0.2) is 0 Å². The average Bonchev–Trinajstić information content (AvgIpc) is 2.31. The van der Waals surface area contributed by atoms with Crippen LogP contribution >= 0.6 is 0 Å².